The molecule has 5 N–H and O–H groups in total. The van der Waals surface area contributed by atoms with E-state index in [1.165, 1.54) is 0 Å². The number of fused-ring (bicyclic) bond motifs is 1. The molecule has 1 aliphatic carbocycles. The van der Waals surface area contributed by atoms with Gasteiger partial charge in [-0.1, -0.05) is 25.1 Å². The van der Waals surface area contributed by atoms with Crippen LogP contribution in [0.15, 0.2) is 29.5 Å². The fraction of sp³-hybridized carbons (Fsp3) is 0.267. The van der Waals surface area contributed by atoms with Gasteiger partial charge in [0.25, 0.3) is 0 Å². The number of hydrogen-bond donors (Lipinski definition) is 3. The standard InChI is InChI=1S/C15H18N6/c1-2-9-8-21(15(18)19-9)20-13-7-6-10-11(13)4-3-5-12(10)14(16)17/h3-5,8H,2,6-7H2,1H3,(H3,16,17)(H2,18,19)/b20-13+. The number of nitrogens with zero attached hydrogens (tertiary/aromatic N) is 3. The van der Waals surface area contributed by atoms with Gasteiger partial charge < -0.3 is 11.5 Å². The zero-order valence-electron chi connectivity index (χ0n) is 11.9. The molecule has 0 aliphatic heterocycles. The van der Waals surface area contributed by atoms with Crippen molar-refractivity contribution in [1.82, 2.24) is 9.66 Å². The van der Waals surface area contributed by atoms with Crippen molar-refractivity contribution < 1.29 is 0 Å². The van der Waals surface area contributed by atoms with Crippen molar-refractivity contribution in [1.29, 1.82) is 5.41 Å². The Bertz CT molecular complexity index is 741. The molecule has 0 spiro atoms. The number of imidazole rings is 1. The predicted octanol–water partition coefficient (Wildman–Crippen LogP) is 1.51. The smallest absolute Gasteiger partial charge is 0.221 e. The first-order chi connectivity index (χ1) is 10.1. The molecule has 6 heteroatoms. The van der Waals surface area contributed by atoms with Crippen LogP contribution in [-0.2, 0) is 12.8 Å². The van der Waals surface area contributed by atoms with Crippen LogP contribution in [0.25, 0.3) is 0 Å². The van der Waals surface area contributed by atoms with Crippen LogP contribution in [-0.4, -0.2) is 21.2 Å². The molecule has 1 aliphatic rings. The molecule has 3 rings (SSSR count). The van der Waals surface area contributed by atoms with Gasteiger partial charge >= 0.3 is 0 Å². The summed E-state index contributed by atoms with van der Waals surface area (Å²) in [6, 6.07) is 5.80. The zero-order valence-corrected chi connectivity index (χ0v) is 11.9. The lowest BCUT2D eigenvalue weighted by atomic mass is 10.0. The van der Waals surface area contributed by atoms with Crippen molar-refractivity contribution in [3.8, 4) is 0 Å². The van der Waals surface area contributed by atoms with Gasteiger partial charge in [0.2, 0.25) is 5.95 Å². The average molecular weight is 282 g/mol. The van der Waals surface area contributed by atoms with Gasteiger partial charge in [-0.2, -0.15) is 5.10 Å². The molecule has 108 valence electrons. The second kappa shape index (κ2) is 5.05. The number of rotatable bonds is 3. The molecular weight excluding hydrogens is 264 g/mol. The summed E-state index contributed by atoms with van der Waals surface area (Å²) < 4.78 is 1.63. The predicted molar refractivity (Wildman–Crippen MR) is 83.7 cm³/mol. The number of nitrogens with two attached hydrogens (primary N) is 2. The Kier molecular flexibility index (Phi) is 3.21. The number of aromatic nitrogens is 2. The molecule has 0 unspecified atom stereocenters. The summed E-state index contributed by atoms with van der Waals surface area (Å²) in [7, 11) is 0. The molecule has 0 saturated heterocycles. The van der Waals surface area contributed by atoms with Crippen molar-refractivity contribution in [3.05, 3.63) is 46.8 Å². The molecule has 2 aromatic rings. The zero-order chi connectivity index (χ0) is 15.0. The monoisotopic (exact) mass is 282 g/mol. The SMILES string of the molecule is CCc1cn(/N=C2\CCc3c(C(=N)N)cccc32)c(N)n1. The lowest BCUT2D eigenvalue weighted by molar-refractivity contribution is 0.881. The van der Waals surface area contributed by atoms with Crippen molar-refractivity contribution >= 4 is 17.5 Å². The maximum atomic E-state index is 7.66. The van der Waals surface area contributed by atoms with Gasteiger partial charge in [0.1, 0.15) is 5.84 Å². The fourth-order valence-electron chi connectivity index (χ4n) is 2.68. The van der Waals surface area contributed by atoms with Crippen LogP contribution < -0.4 is 11.5 Å². The van der Waals surface area contributed by atoms with Gasteiger partial charge in [0.05, 0.1) is 17.6 Å². The number of anilines is 1. The normalized spacial score (nSPS) is 15.4. The Morgan fingerprint density at radius 2 is 2.24 bits per heavy atom. The highest BCUT2D eigenvalue weighted by Crippen LogP contribution is 2.26. The maximum Gasteiger partial charge on any atom is 0.221 e. The van der Waals surface area contributed by atoms with E-state index < -0.39 is 0 Å². The summed E-state index contributed by atoms with van der Waals surface area (Å²) in [5.74, 6) is 0.499. The van der Waals surface area contributed by atoms with E-state index in [2.05, 4.69) is 10.1 Å². The molecule has 0 fully saturated rings. The number of benzene rings is 1. The number of aryl methyl sites for hydroxylation is 1. The molecule has 1 aromatic heterocycles. The number of hydrogen-bond acceptors (Lipinski definition) is 4. The summed E-state index contributed by atoms with van der Waals surface area (Å²) >= 11 is 0. The third-order valence-corrected chi connectivity index (χ3v) is 3.74. The van der Waals surface area contributed by atoms with E-state index in [1.807, 2.05) is 31.3 Å². The first-order valence-corrected chi connectivity index (χ1v) is 6.98. The van der Waals surface area contributed by atoms with E-state index >= 15 is 0 Å². The Labute approximate surface area is 123 Å². The third-order valence-electron chi connectivity index (χ3n) is 3.74. The Morgan fingerprint density at radius 1 is 1.43 bits per heavy atom. The van der Waals surface area contributed by atoms with E-state index in [1.54, 1.807) is 4.68 Å². The van der Waals surface area contributed by atoms with Crippen molar-refractivity contribution in [3.63, 3.8) is 0 Å². The first kappa shape index (κ1) is 13.4. The highest BCUT2D eigenvalue weighted by atomic mass is 15.4. The molecule has 1 heterocycles. The molecule has 1 aromatic carbocycles. The number of nitrogens with one attached hydrogen (secondary N) is 1. The average Bonchev–Trinajstić information content (AvgIpc) is 3.03. The minimum atomic E-state index is 0.100. The highest BCUT2D eigenvalue weighted by Gasteiger charge is 2.22. The first-order valence-electron chi connectivity index (χ1n) is 6.98. The Hall–Kier alpha value is -2.63. The van der Waals surface area contributed by atoms with Crippen molar-refractivity contribution in [2.24, 2.45) is 10.8 Å². The minimum Gasteiger partial charge on any atom is -0.384 e. The summed E-state index contributed by atoms with van der Waals surface area (Å²) in [6.07, 6.45) is 4.35. The van der Waals surface area contributed by atoms with Gasteiger partial charge in [0.15, 0.2) is 0 Å². The van der Waals surface area contributed by atoms with E-state index in [0.717, 1.165) is 47.4 Å². The Balaban J connectivity index is 2.04. The van der Waals surface area contributed by atoms with Crippen molar-refractivity contribution in [2.45, 2.75) is 26.2 Å². The van der Waals surface area contributed by atoms with E-state index in [0.29, 0.717) is 5.95 Å². The summed E-state index contributed by atoms with van der Waals surface area (Å²) in [4.78, 5) is 4.25. The van der Waals surface area contributed by atoms with E-state index in [4.69, 9.17) is 16.9 Å². The van der Waals surface area contributed by atoms with Crippen LogP contribution in [0, 0.1) is 5.41 Å². The molecule has 21 heavy (non-hydrogen) atoms. The van der Waals surface area contributed by atoms with Gasteiger partial charge in [-0.15, -0.1) is 0 Å². The van der Waals surface area contributed by atoms with Gasteiger partial charge in [-0.25, -0.2) is 9.66 Å². The van der Waals surface area contributed by atoms with Gasteiger partial charge in [-0.3, -0.25) is 5.41 Å². The number of amidine groups is 1. The summed E-state index contributed by atoms with van der Waals surface area (Å²) in [6.45, 7) is 2.03. The molecule has 0 saturated carbocycles. The molecule has 0 amide bonds. The summed E-state index contributed by atoms with van der Waals surface area (Å²) in [5.41, 5.74) is 16.3. The molecular formula is C15H18N6. The highest BCUT2D eigenvalue weighted by molar-refractivity contribution is 6.08. The topological polar surface area (TPSA) is 106 Å². The quantitative estimate of drug-likeness (QED) is 0.586. The largest absolute Gasteiger partial charge is 0.384 e. The molecule has 0 atom stereocenters. The molecule has 0 bridgehead atoms. The van der Waals surface area contributed by atoms with Crippen LogP contribution in [0.2, 0.25) is 0 Å². The molecule has 6 nitrogen and oxygen atoms in total. The van der Waals surface area contributed by atoms with Crippen LogP contribution in [0.5, 0.6) is 0 Å². The Morgan fingerprint density at radius 3 is 2.90 bits per heavy atom. The van der Waals surface area contributed by atoms with E-state index in [9.17, 15) is 0 Å². The van der Waals surface area contributed by atoms with Crippen LogP contribution in [0.4, 0.5) is 5.95 Å². The lowest BCUT2D eigenvalue weighted by Crippen LogP contribution is -2.13. The van der Waals surface area contributed by atoms with Crippen LogP contribution in [0.1, 0.15) is 35.7 Å². The van der Waals surface area contributed by atoms with Crippen molar-refractivity contribution in [2.75, 3.05) is 5.73 Å². The van der Waals surface area contributed by atoms with Gasteiger partial charge in [0, 0.05) is 11.1 Å². The lowest BCUT2D eigenvalue weighted by Gasteiger charge is -2.06. The third kappa shape index (κ3) is 2.29. The number of nitrogen functional groups attached to an aromatic ring is 2. The minimum absolute atomic E-state index is 0.100. The second-order valence-corrected chi connectivity index (χ2v) is 5.08. The van der Waals surface area contributed by atoms with Crippen LogP contribution in [0.3, 0.4) is 0 Å². The van der Waals surface area contributed by atoms with E-state index in [-0.39, 0.29) is 5.84 Å². The molecule has 0 radical (unpaired) electrons. The fourth-order valence-corrected chi connectivity index (χ4v) is 2.68. The van der Waals surface area contributed by atoms with Gasteiger partial charge in [-0.05, 0) is 24.8 Å². The maximum absolute atomic E-state index is 7.66. The summed E-state index contributed by atoms with van der Waals surface area (Å²) in [5, 5.41) is 12.3. The second-order valence-electron chi connectivity index (χ2n) is 5.08. The van der Waals surface area contributed by atoms with Crippen LogP contribution >= 0.6 is 0 Å².